The predicted molar refractivity (Wildman–Crippen MR) is 77.9 cm³/mol. The summed E-state index contributed by atoms with van der Waals surface area (Å²) in [6.07, 6.45) is 5.07. The summed E-state index contributed by atoms with van der Waals surface area (Å²) in [6, 6.07) is 12.3. The van der Waals surface area contributed by atoms with Crippen LogP contribution in [0.3, 0.4) is 0 Å². The Bertz CT molecular complexity index is 328. The summed E-state index contributed by atoms with van der Waals surface area (Å²) in [4.78, 5) is 2.65. The van der Waals surface area contributed by atoms with Gasteiger partial charge in [0.25, 0.3) is 0 Å². The lowest BCUT2D eigenvalue weighted by Gasteiger charge is -2.36. The van der Waals surface area contributed by atoms with E-state index in [1.165, 1.54) is 44.3 Å². The fourth-order valence-electron chi connectivity index (χ4n) is 2.83. The van der Waals surface area contributed by atoms with Gasteiger partial charge in [0, 0.05) is 12.1 Å². The van der Waals surface area contributed by atoms with Gasteiger partial charge in [0.2, 0.25) is 0 Å². The van der Waals surface area contributed by atoms with Crippen molar-refractivity contribution in [1.82, 2.24) is 10.2 Å². The maximum Gasteiger partial charge on any atom is 0.00884 e. The van der Waals surface area contributed by atoms with Crippen molar-refractivity contribution in [3.05, 3.63) is 35.9 Å². The van der Waals surface area contributed by atoms with Gasteiger partial charge in [-0.15, -0.1) is 0 Å². The Kier molecular flexibility index (Phi) is 5.21. The minimum Gasteiger partial charge on any atom is -0.317 e. The van der Waals surface area contributed by atoms with E-state index in [1.54, 1.807) is 0 Å². The average molecular weight is 246 g/mol. The molecule has 0 radical (unpaired) electrons. The summed E-state index contributed by atoms with van der Waals surface area (Å²) in [6.45, 7) is 4.88. The van der Waals surface area contributed by atoms with Crippen LogP contribution in [0.4, 0.5) is 0 Å². The molecule has 1 fully saturated rings. The lowest BCUT2D eigenvalue weighted by atomic mass is 10.0. The summed E-state index contributed by atoms with van der Waals surface area (Å²) in [5.41, 5.74) is 1.47. The SMILES string of the molecule is CNC1CCN(C(C)CCc2ccccc2)CC1. The Morgan fingerprint density at radius 3 is 2.50 bits per heavy atom. The molecule has 1 saturated heterocycles. The Morgan fingerprint density at radius 2 is 1.89 bits per heavy atom. The van der Waals surface area contributed by atoms with Gasteiger partial charge in [0.1, 0.15) is 0 Å². The molecule has 1 atom stereocenters. The van der Waals surface area contributed by atoms with Crippen LogP contribution in [-0.4, -0.2) is 37.1 Å². The molecule has 2 heteroatoms. The zero-order valence-corrected chi connectivity index (χ0v) is 11.7. The Morgan fingerprint density at radius 1 is 1.22 bits per heavy atom. The lowest BCUT2D eigenvalue weighted by Crippen LogP contribution is -2.45. The highest BCUT2D eigenvalue weighted by molar-refractivity contribution is 5.14. The van der Waals surface area contributed by atoms with Gasteiger partial charge in [-0.1, -0.05) is 30.3 Å². The van der Waals surface area contributed by atoms with Crippen molar-refractivity contribution in [2.45, 2.75) is 44.7 Å². The van der Waals surface area contributed by atoms with Crippen LogP contribution in [-0.2, 0) is 6.42 Å². The minimum absolute atomic E-state index is 0.711. The number of rotatable bonds is 5. The van der Waals surface area contributed by atoms with Gasteiger partial charge in [-0.3, -0.25) is 0 Å². The van der Waals surface area contributed by atoms with E-state index in [1.807, 2.05) is 0 Å². The van der Waals surface area contributed by atoms with E-state index in [2.05, 4.69) is 54.5 Å². The lowest BCUT2D eigenvalue weighted by molar-refractivity contribution is 0.148. The molecule has 1 aromatic rings. The van der Waals surface area contributed by atoms with E-state index >= 15 is 0 Å². The third-order valence-corrected chi connectivity index (χ3v) is 4.25. The zero-order chi connectivity index (χ0) is 12.8. The number of piperidine rings is 1. The molecule has 1 aromatic carbocycles. The normalized spacial score (nSPS) is 19.9. The molecule has 0 aromatic heterocycles. The largest absolute Gasteiger partial charge is 0.317 e. The molecular formula is C16H26N2. The van der Waals surface area contributed by atoms with E-state index < -0.39 is 0 Å². The monoisotopic (exact) mass is 246 g/mol. The smallest absolute Gasteiger partial charge is 0.00884 e. The molecule has 2 rings (SSSR count). The maximum atomic E-state index is 3.39. The molecule has 18 heavy (non-hydrogen) atoms. The van der Waals surface area contributed by atoms with Crippen LogP contribution >= 0.6 is 0 Å². The first-order chi connectivity index (χ1) is 8.79. The summed E-state index contributed by atoms with van der Waals surface area (Å²) in [5.74, 6) is 0. The molecule has 0 saturated carbocycles. The summed E-state index contributed by atoms with van der Waals surface area (Å²) >= 11 is 0. The molecule has 1 unspecified atom stereocenters. The third kappa shape index (κ3) is 3.82. The molecule has 1 aliphatic rings. The second-order valence-electron chi connectivity index (χ2n) is 5.47. The minimum atomic E-state index is 0.711. The second-order valence-corrected chi connectivity index (χ2v) is 5.47. The molecule has 0 spiro atoms. The van der Waals surface area contributed by atoms with Crippen LogP contribution in [0, 0.1) is 0 Å². The molecule has 0 aliphatic carbocycles. The molecule has 0 bridgehead atoms. The van der Waals surface area contributed by atoms with E-state index in [9.17, 15) is 0 Å². The standard InChI is InChI=1S/C16H26N2/c1-14(8-9-15-6-4-3-5-7-15)18-12-10-16(17-2)11-13-18/h3-7,14,16-17H,8-13H2,1-2H3. The molecule has 1 aliphatic heterocycles. The van der Waals surface area contributed by atoms with Crippen LogP contribution in [0.15, 0.2) is 30.3 Å². The quantitative estimate of drug-likeness (QED) is 0.859. The Labute approximate surface area is 111 Å². The molecular weight excluding hydrogens is 220 g/mol. The molecule has 0 amide bonds. The van der Waals surface area contributed by atoms with Crippen molar-refractivity contribution < 1.29 is 0 Å². The van der Waals surface area contributed by atoms with Crippen molar-refractivity contribution in [3.63, 3.8) is 0 Å². The van der Waals surface area contributed by atoms with Gasteiger partial charge in [-0.25, -0.2) is 0 Å². The van der Waals surface area contributed by atoms with E-state index in [0.29, 0.717) is 6.04 Å². The molecule has 1 N–H and O–H groups in total. The highest BCUT2D eigenvalue weighted by atomic mass is 15.2. The van der Waals surface area contributed by atoms with Gasteiger partial charge >= 0.3 is 0 Å². The van der Waals surface area contributed by atoms with Crippen molar-refractivity contribution in [1.29, 1.82) is 0 Å². The van der Waals surface area contributed by atoms with Gasteiger partial charge in [-0.2, -0.15) is 0 Å². The second kappa shape index (κ2) is 6.91. The third-order valence-electron chi connectivity index (χ3n) is 4.25. The summed E-state index contributed by atoms with van der Waals surface area (Å²) < 4.78 is 0. The summed E-state index contributed by atoms with van der Waals surface area (Å²) in [5, 5.41) is 3.39. The average Bonchev–Trinajstić information content (AvgIpc) is 2.46. The van der Waals surface area contributed by atoms with Crippen LogP contribution in [0.1, 0.15) is 31.7 Å². The Hall–Kier alpha value is -0.860. The van der Waals surface area contributed by atoms with Crippen LogP contribution in [0.2, 0.25) is 0 Å². The van der Waals surface area contributed by atoms with Crippen molar-refractivity contribution in [2.24, 2.45) is 0 Å². The highest BCUT2D eigenvalue weighted by Gasteiger charge is 2.21. The van der Waals surface area contributed by atoms with Gasteiger partial charge < -0.3 is 10.2 Å². The zero-order valence-electron chi connectivity index (χ0n) is 11.7. The number of hydrogen-bond acceptors (Lipinski definition) is 2. The van der Waals surface area contributed by atoms with Gasteiger partial charge in [0.05, 0.1) is 0 Å². The number of likely N-dealkylation sites (tertiary alicyclic amines) is 1. The number of aryl methyl sites for hydroxylation is 1. The fraction of sp³-hybridized carbons (Fsp3) is 0.625. The summed E-state index contributed by atoms with van der Waals surface area (Å²) in [7, 11) is 2.08. The first kappa shape index (κ1) is 13.6. The fourth-order valence-corrected chi connectivity index (χ4v) is 2.83. The highest BCUT2D eigenvalue weighted by Crippen LogP contribution is 2.16. The van der Waals surface area contributed by atoms with Crippen LogP contribution in [0.25, 0.3) is 0 Å². The van der Waals surface area contributed by atoms with E-state index in [0.717, 1.165) is 6.04 Å². The maximum absolute atomic E-state index is 3.39. The molecule has 1 heterocycles. The van der Waals surface area contributed by atoms with Crippen LogP contribution < -0.4 is 5.32 Å². The Balaban J connectivity index is 1.73. The van der Waals surface area contributed by atoms with Gasteiger partial charge in [0.15, 0.2) is 0 Å². The number of hydrogen-bond donors (Lipinski definition) is 1. The van der Waals surface area contributed by atoms with E-state index in [-0.39, 0.29) is 0 Å². The van der Waals surface area contributed by atoms with Crippen LogP contribution in [0.5, 0.6) is 0 Å². The predicted octanol–water partition coefficient (Wildman–Crippen LogP) is 2.69. The van der Waals surface area contributed by atoms with E-state index in [4.69, 9.17) is 0 Å². The first-order valence-electron chi connectivity index (χ1n) is 7.25. The molecule has 100 valence electrons. The number of nitrogens with one attached hydrogen (secondary N) is 1. The molecule has 2 nitrogen and oxygen atoms in total. The number of benzene rings is 1. The number of nitrogens with zero attached hydrogens (tertiary/aromatic N) is 1. The van der Waals surface area contributed by atoms with Gasteiger partial charge in [-0.05, 0) is 58.3 Å². The van der Waals surface area contributed by atoms with Crippen molar-refractivity contribution in [2.75, 3.05) is 20.1 Å². The van der Waals surface area contributed by atoms with Crippen molar-refractivity contribution in [3.8, 4) is 0 Å². The van der Waals surface area contributed by atoms with Crippen molar-refractivity contribution >= 4 is 0 Å². The first-order valence-corrected chi connectivity index (χ1v) is 7.25. The topological polar surface area (TPSA) is 15.3 Å².